The molecule has 3 nitrogen and oxygen atoms in total. The van der Waals surface area contributed by atoms with Gasteiger partial charge in [0.05, 0.1) is 0 Å². The van der Waals surface area contributed by atoms with E-state index in [1.54, 1.807) is 0 Å². The summed E-state index contributed by atoms with van der Waals surface area (Å²) in [6, 6.07) is 0.426. The molecule has 0 radical (unpaired) electrons. The van der Waals surface area contributed by atoms with Crippen molar-refractivity contribution in [2.75, 3.05) is 13.6 Å². The largest absolute Gasteiger partial charge is 0.353 e. The maximum atomic E-state index is 12.0. The zero-order chi connectivity index (χ0) is 12.7. The van der Waals surface area contributed by atoms with Crippen LogP contribution >= 0.6 is 12.4 Å². The van der Waals surface area contributed by atoms with E-state index in [9.17, 15) is 4.79 Å². The fourth-order valence-corrected chi connectivity index (χ4v) is 2.42. The molecule has 0 bridgehead atoms. The highest BCUT2D eigenvalue weighted by Gasteiger charge is 2.28. The molecule has 1 rings (SSSR count). The highest BCUT2D eigenvalue weighted by Crippen LogP contribution is 2.31. The van der Waals surface area contributed by atoms with E-state index in [-0.39, 0.29) is 24.2 Å². The zero-order valence-corrected chi connectivity index (χ0v) is 12.8. The topological polar surface area (TPSA) is 41.1 Å². The Kier molecular flexibility index (Phi) is 9.47. The van der Waals surface area contributed by atoms with E-state index in [0.717, 1.165) is 18.9 Å². The van der Waals surface area contributed by atoms with Crippen LogP contribution < -0.4 is 10.6 Å². The summed E-state index contributed by atoms with van der Waals surface area (Å²) < 4.78 is 0. The zero-order valence-electron chi connectivity index (χ0n) is 12.0. The fraction of sp³-hybridized carbons (Fsp3) is 0.929. The monoisotopic (exact) mass is 276 g/mol. The molecule has 18 heavy (non-hydrogen) atoms. The van der Waals surface area contributed by atoms with Gasteiger partial charge in [-0.25, -0.2) is 0 Å². The fourth-order valence-electron chi connectivity index (χ4n) is 2.42. The summed E-state index contributed by atoms with van der Waals surface area (Å²) in [5.41, 5.74) is 0. The van der Waals surface area contributed by atoms with Gasteiger partial charge < -0.3 is 10.6 Å². The molecule has 1 amide bonds. The molecule has 2 N–H and O–H groups in total. The van der Waals surface area contributed by atoms with Crippen molar-refractivity contribution in [1.82, 2.24) is 10.6 Å². The Morgan fingerprint density at radius 1 is 1.39 bits per heavy atom. The Bertz CT molecular complexity index is 232. The summed E-state index contributed by atoms with van der Waals surface area (Å²) in [6.07, 6.45) is 7.53. The molecule has 2 atom stereocenters. The number of carbonyl (C=O) groups is 1. The first-order chi connectivity index (χ1) is 8.19. The highest BCUT2D eigenvalue weighted by atomic mass is 35.5. The van der Waals surface area contributed by atoms with Crippen LogP contribution in [0.25, 0.3) is 0 Å². The second-order valence-corrected chi connectivity index (χ2v) is 5.41. The van der Waals surface area contributed by atoms with Gasteiger partial charge in [0.1, 0.15) is 0 Å². The number of unbranched alkanes of at least 4 members (excludes halogenated alkanes) is 1. The van der Waals surface area contributed by atoms with Gasteiger partial charge in [0.15, 0.2) is 0 Å². The quantitative estimate of drug-likeness (QED) is 0.716. The first kappa shape index (κ1) is 17.7. The maximum absolute atomic E-state index is 12.0. The molecule has 1 saturated carbocycles. The van der Waals surface area contributed by atoms with Crippen LogP contribution in [0.1, 0.15) is 52.4 Å². The second kappa shape index (κ2) is 9.62. The Morgan fingerprint density at radius 2 is 2.06 bits per heavy atom. The second-order valence-electron chi connectivity index (χ2n) is 5.41. The molecule has 2 unspecified atom stereocenters. The lowest BCUT2D eigenvalue weighted by Crippen LogP contribution is -2.46. The van der Waals surface area contributed by atoms with E-state index >= 15 is 0 Å². The standard InChI is InChI=1S/C14H28N2O.ClH/c1-4-5-9-13(12-7-6-8-12)16-14(17)11(2)10-15-3;/h11-13,15H,4-10H2,1-3H3,(H,16,17);1H. The van der Waals surface area contributed by atoms with Gasteiger partial charge in [0, 0.05) is 18.5 Å². The Balaban J connectivity index is 0.00000289. The lowest BCUT2D eigenvalue weighted by atomic mass is 9.78. The number of carbonyl (C=O) groups excluding carboxylic acids is 1. The summed E-state index contributed by atoms with van der Waals surface area (Å²) in [4.78, 5) is 12.0. The molecule has 1 aliphatic rings. The Labute approximate surface area is 118 Å². The van der Waals surface area contributed by atoms with Crippen LogP contribution in [0.2, 0.25) is 0 Å². The normalized spacial score (nSPS) is 18.4. The molecule has 108 valence electrons. The van der Waals surface area contributed by atoms with Crippen molar-refractivity contribution in [3.05, 3.63) is 0 Å². The van der Waals surface area contributed by atoms with Gasteiger partial charge in [-0.05, 0) is 32.2 Å². The number of hydrogen-bond acceptors (Lipinski definition) is 2. The van der Waals surface area contributed by atoms with Crippen LogP contribution in [0, 0.1) is 11.8 Å². The average molecular weight is 277 g/mol. The molecule has 4 heteroatoms. The van der Waals surface area contributed by atoms with Gasteiger partial charge in [-0.3, -0.25) is 4.79 Å². The van der Waals surface area contributed by atoms with Crippen molar-refractivity contribution in [3.8, 4) is 0 Å². The van der Waals surface area contributed by atoms with Crippen molar-refractivity contribution in [2.24, 2.45) is 11.8 Å². The van der Waals surface area contributed by atoms with E-state index in [4.69, 9.17) is 0 Å². The van der Waals surface area contributed by atoms with E-state index in [0.29, 0.717) is 6.04 Å². The molecule has 0 saturated heterocycles. The molecule has 1 fully saturated rings. The summed E-state index contributed by atoms with van der Waals surface area (Å²) >= 11 is 0. The van der Waals surface area contributed by atoms with Crippen molar-refractivity contribution < 1.29 is 4.79 Å². The number of halogens is 1. The molecule has 0 aromatic heterocycles. The first-order valence-electron chi connectivity index (χ1n) is 7.14. The van der Waals surface area contributed by atoms with E-state index < -0.39 is 0 Å². The molecule has 0 spiro atoms. The van der Waals surface area contributed by atoms with Gasteiger partial charge in [-0.15, -0.1) is 12.4 Å². The third-order valence-electron chi connectivity index (χ3n) is 3.87. The predicted molar refractivity (Wildman–Crippen MR) is 79.1 cm³/mol. The third-order valence-corrected chi connectivity index (χ3v) is 3.87. The van der Waals surface area contributed by atoms with E-state index in [1.807, 2.05) is 14.0 Å². The smallest absolute Gasteiger partial charge is 0.224 e. The van der Waals surface area contributed by atoms with Gasteiger partial charge in [0.2, 0.25) is 5.91 Å². The molecule has 0 aromatic rings. The van der Waals surface area contributed by atoms with Crippen molar-refractivity contribution in [3.63, 3.8) is 0 Å². The van der Waals surface area contributed by atoms with Crippen LogP contribution in [0.4, 0.5) is 0 Å². The predicted octanol–water partition coefficient (Wildman–Crippen LogP) is 2.74. The molecule has 0 aromatic carbocycles. The number of hydrogen-bond donors (Lipinski definition) is 2. The van der Waals surface area contributed by atoms with Crippen LogP contribution in [-0.2, 0) is 4.79 Å². The van der Waals surface area contributed by atoms with Gasteiger partial charge in [-0.1, -0.05) is 33.1 Å². The molecule has 0 aliphatic heterocycles. The van der Waals surface area contributed by atoms with Crippen molar-refractivity contribution in [1.29, 1.82) is 0 Å². The lowest BCUT2D eigenvalue weighted by Gasteiger charge is -2.35. The average Bonchev–Trinajstić information content (AvgIpc) is 2.23. The number of amides is 1. The summed E-state index contributed by atoms with van der Waals surface area (Å²) in [5.74, 6) is 1.03. The van der Waals surface area contributed by atoms with Crippen LogP contribution in [0.5, 0.6) is 0 Å². The van der Waals surface area contributed by atoms with Crippen LogP contribution in [-0.4, -0.2) is 25.5 Å². The SMILES string of the molecule is CCCCC(NC(=O)C(C)CNC)C1CCC1.Cl. The summed E-state index contributed by atoms with van der Waals surface area (Å²) in [6.45, 7) is 4.96. The van der Waals surface area contributed by atoms with Crippen LogP contribution in [0.3, 0.4) is 0 Å². The minimum Gasteiger partial charge on any atom is -0.353 e. The minimum absolute atomic E-state index is 0. The highest BCUT2D eigenvalue weighted by molar-refractivity contribution is 5.85. The Morgan fingerprint density at radius 3 is 2.50 bits per heavy atom. The van der Waals surface area contributed by atoms with Gasteiger partial charge in [0.25, 0.3) is 0 Å². The summed E-state index contributed by atoms with van der Waals surface area (Å²) in [7, 11) is 1.89. The first-order valence-corrected chi connectivity index (χ1v) is 7.14. The molecular formula is C14H29ClN2O. The van der Waals surface area contributed by atoms with Crippen LogP contribution in [0.15, 0.2) is 0 Å². The molecular weight excluding hydrogens is 248 g/mol. The molecule has 0 heterocycles. The Hall–Kier alpha value is -0.280. The molecule has 1 aliphatic carbocycles. The van der Waals surface area contributed by atoms with Crippen molar-refractivity contribution in [2.45, 2.75) is 58.4 Å². The van der Waals surface area contributed by atoms with E-state index in [1.165, 1.54) is 32.1 Å². The van der Waals surface area contributed by atoms with Crippen molar-refractivity contribution >= 4 is 18.3 Å². The number of nitrogens with one attached hydrogen (secondary N) is 2. The minimum atomic E-state index is 0. The lowest BCUT2D eigenvalue weighted by molar-refractivity contribution is -0.125. The van der Waals surface area contributed by atoms with E-state index in [2.05, 4.69) is 17.6 Å². The third kappa shape index (κ3) is 5.57. The van der Waals surface area contributed by atoms with Gasteiger partial charge >= 0.3 is 0 Å². The summed E-state index contributed by atoms with van der Waals surface area (Å²) in [5, 5.41) is 6.32. The number of rotatable bonds is 8. The van der Waals surface area contributed by atoms with Gasteiger partial charge in [-0.2, -0.15) is 0 Å². The maximum Gasteiger partial charge on any atom is 0.224 e.